The molecule has 0 aliphatic carbocycles. The Morgan fingerprint density at radius 2 is 1.86 bits per heavy atom. The number of sulfone groups is 1. The van der Waals surface area contributed by atoms with Crippen molar-refractivity contribution in [3.05, 3.63) is 17.0 Å². The summed E-state index contributed by atoms with van der Waals surface area (Å²) < 4.78 is 25.5. The summed E-state index contributed by atoms with van der Waals surface area (Å²) in [6, 6.07) is 0.288. The highest BCUT2D eigenvalue weighted by molar-refractivity contribution is 7.91. The van der Waals surface area contributed by atoms with E-state index >= 15 is 0 Å². The summed E-state index contributed by atoms with van der Waals surface area (Å²) in [5, 5.41) is 8.00. The Morgan fingerprint density at radius 1 is 1.19 bits per heavy atom. The fraction of sp³-hybridized carbons (Fsp3) is 0.800. The van der Waals surface area contributed by atoms with Gasteiger partial charge in [0.2, 0.25) is 0 Å². The molecular formula is C15H29N3O2S. The molecule has 0 aliphatic rings. The molecule has 1 atom stereocenters. The minimum atomic E-state index is -2.96. The molecule has 1 aromatic rings. The Morgan fingerprint density at radius 3 is 2.38 bits per heavy atom. The van der Waals surface area contributed by atoms with Crippen LogP contribution in [0.25, 0.3) is 0 Å². The molecule has 122 valence electrons. The molecule has 0 amide bonds. The Balaban J connectivity index is 2.92. The Bertz CT molecular complexity index is 550. The predicted octanol–water partition coefficient (Wildman–Crippen LogP) is 2.39. The quantitative estimate of drug-likeness (QED) is 0.760. The first-order chi connectivity index (χ1) is 9.86. The fourth-order valence-electron chi connectivity index (χ4n) is 2.77. The van der Waals surface area contributed by atoms with Gasteiger partial charge in [-0.25, -0.2) is 8.42 Å². The molecule has 0 aromatic carbocycles. The minimum Gasteiger partial charge on any atom is -0.310 e. The van der Waals surface area contributed by atoms with Gasteiger partial charge in [-0.1, -0.05) is 20.8 Å². The summed E-state index contributed by atoms with van der Waals surface area (Å²) in [4.78, 5) is 0. The number of aryl methyl sites for hydroxylation is 2. The van der Waals surface area contributed by atoms with Crippen molar-refractivity contribution in [3.63, 3.8) is 0 Å². The van der Waals surface area contributed by atoms with Gasteiger partial charge in [0, 0.05) is 23.1 Å². The molecule has 0 fully saturated rings. The molecule has 1 unspecified atom stereocenters. The van der Waals surface area contributed by atoms with Gasteiger partial charge in [-0.2, -0.15) is 5.10 Å². The van der Waals surface area contributed by atoms with Crippen LogP contribution in [0.1, 0.15) is 56.6 Å². The van der Waals surface area contributed by atoms with Crippen molar-refractivity contribution in [2.24, 2.45) is 0 Å². The molecule has 0 bridgehead atoms. The number of hydrogen-bond acceptors (Lipinski definition) is 4. The Hall–Kier alpha value is -0.880. The van der Waals surface area contributed by atoms with Gasteiger partial charge in [-0.3, -0.25) is 4.68 Å². The number of aromatic nitrogens is 2. The molecule has 0 saturated heterocycles. The van der Waals surface area contributed by atoms with Crippen LogP contribution in [0.2, 0.25) is 0 Å². The van der Waals surface area contributed by atoms with Crippen molar-refractivity contribution in [2.75, 3.05) is 18.1 Å². The van der Waals surface area contributed by atoms with Crippen molar-refractivity contribution in [1.82, 2.24) is 15.1 Å². The van der Waals surface area contributed by atoms with Crippen LogP contribution < -0.4 is 5.32 Å². The average Bonchev–Trinajstić information content (AvgIpc) is 2.69. The van der Waals surface area contributed by atoms with E-state index in [9.17, 15) is 8.42 Å². The van der Waals surface area contributed by atoms with Crippen molar-refractivity contribution < 1.29 is 8.42 Å². The third kappa shape index (κ3) is 4.81. The monoisotopic (exact) mass is 315 g/mol. The van der Waals surface area contributed by atoms with Crippen LogP contribution in [-0.2, 0) is 16.4 Å². The molecule has 0 saturated carbocycles. The first-order valence-electron chi connectivity index (χ1n) is 7.83. The SMILES string of the molecule is CCCS(=O)(=O)CCn1nc(C)c(C(CC)NCC)c1C. The zero-order chi connectivity index (χ0) is 16.0. The van der Waals surface area contributed by atoms with Crippen LogP contribution in [0.4, 0.5) is 0 Å². The van der Waals surface area contributed by atoms with Crippen LogP contribution in [-0.4, -0.2) is 36.2 Å². The standard InChI is InChI=1S/C15H29N3O2S/c1-6-10-21(19,20)11-9-18-13(5)15(12(4)17-18)14(7-2)16-8-3/h14,16H,6-11H2,1-5H3. The van der Waals surface area contributed by atoms with Gasteiger partial charge in [0.05, 0.1) is 18.0 Å². The molecule has 21 heavy (non-hydrogen) atoms. The van der Waals surface area contributed by atoms with Gasteiger partial charge < -0.3 is 5.32 Å². The minimum absolute atomic E-state index is 0.167. The van der Waals surface area contributed by atoms with E-state index in [2.05, 4.69) is 24.3 Å². The third-order valence-corrected chi connectivity index (χ3v) is 5.61. The summed E-state index contributed by atoms with van der Waals surface area (Å²) in [7, 11) is -2.96. The van der Waals surface area contributed by atoms with Gasteiger partial charge in [0.15, 0.2) is 9.84 Å². The van der Waals surface area contributed by atoms with Crippen LogP contribution in [0.3, 0.4) is 0 Å². The molecule has 0 spiro atoms. The molecule has 1 N–H and O–H groups in total. The van der Waals surface area contributed by atoms with Gasteiger partial charge >= 0.3 is 0 Å². The highest BCUT2D eigenvalue weighted by Gasteiger charge is 2.20. The zero-order valence-corrected chi connectivity index (χ0v) is 14.8. The first kappa shape index (κ1) is 18.2. The van der Waals surface area contributed by atoms with E-state index in [4.69, 9.17) is 0 Å². The number of nitrogens with one attached hydrogen (secondary N) is 1. The lowest BCUT2D eigenvalue weighted by Gasteiger charge is -2.16. The molecule has 0 aliphatic heterocycles. The second kappa shape index (κ2) is 7.94. The second-order valence-electron chi connectivity index (χ2n) is 5.48. The second-order valence-corrected chi connectivity index (χ2v) is 7.78. The lowest BCUT2D eigenvalue weighted by molar-refractivity contribution is 0.530. The van der Waals surface area contributed by atoms with E-state index < -0.39 is 9.84 Å². The van der Waals surface area contributed by atoms with Crippen molar-refractivity contribution in [2.45, 2.75) is 60.0 Å². The maximum atomic E-state index is 11.8. The maximum Gasteiger partial charge on any atom is 0.152 e. The molecule has 1 rings (SSSR count). The predicted molar refractivity (Wildman–Crippen MR) is 87.4 cm³/mol. The molecular weight excluding hydrogens is 286 g/mol. The Labute approximate surface area is 129 Å². The lowest BCUT2D eigenvalue weighted by Crippen LogP contribution is -2.21. The van der Waals surface area contributed by atoms with Gasteiger partial charge in [0.1, 0.15) is 0 Å². The summed E-state index contributed by atoms with van der Waals surface area (Å²) in [5.74, 6) is 0.425. The summed E-state index contributed by atoms with van der Waals surface area (Å²) in [5.41, 5.74) is 3.28. The normalized spacial score (nSPS) is 13.6. The summed E-state index contributed by atoms with van der Waals surface area (Å²) in [6.07, 6.45) is 1.67. The van der Waals surface area contributed by atoms with Crippen LogP contribution in [0.5, 0.6) is 0 Å². The van der Waals surface area contributed by atoms with E-state index in [1.54, 1.807) is 0 Å². The smallest absolute Gasteiger partial charge is 0.152 e. The van der Waals surface area contributed by atoms with Gasteiger partial charge in [-0.15, -0.1) is 0 Å². The van der Waals surface area contributed by atoms with Crippen molar-refractivity contribution >= 4 is 9.84 Å². The van der Waals surface area contributed by atoms with E-state index in [0.29, 0.717) is 13.0 Å². The number of nitrogens with zero attached hydrogens (tertiary/aromatic N) is 2. The van der Waals surface area contributed by atoms with Crippen LogP contribution >= 0.6 is 0 Å². The lowest BCUT2D eigenvalue weighted by atomic mass is 10.0. The summed E-state index contributed by atoms with van der Waals surface area (Å²) in [6.45, 7) is 11.5. The van der Waals surface area contributed by atoms with E-state index in [-0.39, 0.29) is 17.5 Å². The molecule has 5 nitrogen and oxygen atoms in total. The highest BCUT2D eigenvalue weighted by atomic mass is 32.2. The zero-order valence-electron chi connectivity index (χ0n) is 13.9. The topological polar surface area (TPSA) is 64.0 Å². The van der Waals surface area contributed by atoms with Crippen LogP contribution in [0, 0.1) is 13.8 Å². The number of hydrogen-bond donors (Lipinski definition) is 1. The molecule has 1 heterocycles. The Kier molecular flexibility index (Phi) is 6.87. The van der Waals surface area contributed by atoms with Crippen LogP contribution in [0.15, 0.2) is 0 Å². The number of rotatable bonds is 9. The molecule has 6 heteroatoms. The fourth-order valence-corrected chi connectivity index (χ4v) is 4.05. The largest absolute Gasteiger partial charge is 0.310 e. The van der Waals surface area contributed by atoms with E-state index in [1.165, 1.54) is 5.56 Å². The molecule has 1 aromatic heterocycles. The highest BCUT2D eigenvalue weighted by Crippen LogP contribution is 2.24. The maximum absolute atomic E-state index is 11.8. The van der Waals surface area contributed by atoms with Gasteiger partial charge in [0.25, 0.3) is 0 Å². The first-order valence-corrected chi connectivity index (χ1v) is 9.66. The van der Waals surface area contributed by atoms with Gasteiger partial charge in [-0.05, 0) is 33.2 Å². The van der Waals surface area contributed by atoms with E-state index in [0.717, 1.165) is 24.4 Å². The third-order valence-electron chi connectivity index (χ3n) is 3.77. The average molecular weight is 315 g/mol. The van der Waals surface area contributed by atoms with Crippen molar-refractivity contribution in [3.8, 4) is 0 Å². The summed E-state index contributed by atoms with van der Waals surface area (Å²) >= 11 is 0. The molecule has 0 radical (unpaired) electrons. The van der Waals surface area contributed by atoms with E-state index in [1.807, 2.05) is 25.5 Å². The van der Waals surface area contributed by atoms with Crippen molar-refractivity contribution in [1.29, 1.82) is 0 Å².